The first-order valence-corrected chi connectivity index (χ1v) is 9.63. The van der Waals surface area contributed by atoms with Crippen LogP contribution in [0.25, 0.3) is 0 Å². The largest absolute Gasteiger partial charge is 0.387 e. The lowest BCUT2D eigenvalue weighted by Crippen LogP contribution is -2.45. The van der Waals surface area contributed by atoms with E-state index in [0.717, 1.165) is 13.1 Å². The van der Waals surface area contributed by atoms with Gasteiger partial charge in [0.15, 0.2) is 9.84 Å². The minimum atomic E-state index is -3.04. The first-order chi connectivity index (χ1) is 9.87. The van der Waals surface area contributed by atoms with Crippen LogP contribution in [0.4, 0.5) is 0 Å². The van der Waals surface area contributed by atoms with Crippen molar-refractivity contribution in [1.29, 1.82) is 0 Å². The summed E-state index contributed by atoms with van der Waals surface area (Å²) in [5.74, 6) is -0.389. The summed E-state index contributed by atoms with van der Waals surface area (Å²) in [4.78, 5) is 16.3. The SMILES string of the molecule is O=C([C@@H]1CCS(=O)(=O)C1)N1CC[C@@](O)(CN2CCCC2)C1. The number of carbonyl (C=O) groups is 1. The lowest BCUT2D eigenvalue weighted by atomic mass is 10.0. The maximum atomic E-state index is 12.4. The predicted octanol–water partition coefficient (Wildman–Crippen LogP) is -0.520. The number of β-amino-alcohol motifs (C(OH)–C–C–N with tert-alkyl or cyclic N) is 1. The van der Waals surface area contributed by atoms with Crippen molar-refractivity contribution in [2.24, 2.45) is 5.92 Å². The molecule has 0 saturated carbocycles. The summed E-state index contributed by atoms with van der Waals surface area (Å²) in [5, 5.41) is 10.7. The molecule has 0 radical (unpaired) electrons. The average molecular weight is 316 g/mol. The summed E-state index contributed by atoms with van der Waals surface area (Å²) >= 11 is 0. The molecule has 2 atom stereocenters. The van der Waals surface area contributed by atoms with Crippen molar-refractivity contribution in [3.63, 3.8) is 0 Å². The number of hydrogen-bond acceptors (Lipinski definition) is 5. The number of sulfone groups is 1. The van der Waals surface area contributed by atoms with E-state index in [9.17, 15) is 18.3 Å². The zero-order valence-electron chi connectivity index (χ0n) is 12.3. The molecule has 3 saturated heterocycles. The molecular formula is C14H24N2O4S. The summed E-state index contributed by atoms with van der Waals surface area (Å²) in [5.41, 5.74) is -0.822. The highest BCUT2D eigenvalue weighted by Gasteiger charge is 2.43. The van der Waals surface area contributed by atoms with Crippen molar-refractivity contribution in [3.05, 3.63) is 0 Å². The van der Waals surface area contributed by atoms with Gasteiger partial charge in [-0.25, -0.2) is 8.42 Å². The molecule has 6 nitrogen and oxygen atoms in total. The van der Waals surface area contributed by atoms with Crippen LogP contribution in [0, 0.1) is 5.92 Å². The van der Waals surface area contributed by atoms with Crippen LogP contribution >= 0.6 is 0 Å². The Hall–Kier alpha value is -0.660. The number of likely N-dealkylation sites (tertiary alicyclic amines) is 2. The molecular weight excluding hydrogens is 292 g/mol. The summed E-state index contributed by atoms with van der Waals surface area (Å²) < 4.78 is 23.0. The van der Waals surface area contributed by atoms with Crippen LogP contribution in [0.3, 0.4) is 0 Å². The molecule has 3 fully saturated rings. The van der Waals surface area contributed by atoms with Gasteiger partial charge in [0.1, 0.15) is 0 Å². The normalized spacial score (nSPS) is 36.4. The maximum Gasteiger partial charge on any atom is 0.226 e. The van der Waals surface area contributed by atoms with Crippen LogP contribution in [-0.4, -0.2) is 79.1 Å². The molecule has 0 bridgehead atoms. The number of aliphatic hydroxyl groups is 1. The van der Waals surface area contributed by atoms with Gasteiger partial charge in [-0.3, -0.25) is 4.79 Å². The summed E-state index contributed by atoms with van der Waals surface area (Å²) in [6, 6.07) is 0. The van der Waals surface area contributed by atoms with Gasteiger partial charge in [-0.1, -0.05) is 0 Å². The Bertz CT molecular complexity index is 515. The van der Waals surface area contributed by atoms with Gasteiger partial charge in [0.2, 0.25) is 5.91 Å². The van der Waals surface area contributed by atoms with E-state index in [-0.39, 0.29) is 17.4 Å². The summed E-state index contributed by atoms with van der Waals surface area (Å²) in [6.07, 6.45) is 3.38. The van der Waals surface area contributed by atoms with Gasteiger partial charge < -0.3 is 14.9 Å². The standard InChI is InChI=1S/C14H24N2O4S/c17-13(12-3-8-21(19,20)9-12)16-7-4-14(18,11-16)10-15-5-1-2-6-15/h12,18H,1-11H2/t12-,14-/m1/s1. The Morgan fingerprint density at radius 3 is 2.57 bits per heavy atom. The zero-order valence-corrected chi connectivity index (χ0v) is 13.1. The minimum Gasteiger partial charge on any atom is -0.387 e. The fourth-order valence-electron chi connectivity index (χ4n) is 3.78. The zero-order chi connectivity index (χ0) is 15.1. The smallest absolute Gasteiger partial charge is 0.226 e. The number of carbonyl (C=O) groups excluding carboxylic acids is 1. The first kappa shape index (κ1) is 15.2. The van der Waals surface area contributed by atoms with E-state index in [1.165, 1.54) is 12.8 Å². The maximum absolute atomic E-state index is 12.4. The quantitative estimate of drug-likeness (QED) is 0.758. The first-order valence-electron chi connectivity index (χ1n) is 7.81. The third-order valence-corrected chi connectivity index (χ3v) is 6.71. The van der Waals surface area contributed by atoms with Gasteiger partial charge >= 0.3 is 0 Å². The molecule has 120 valence electrons. The Morgan fingerprint density at radius 1 is 1.24 bits per heavy atom. The van der Waals surface area contributed by atoms with E-state index in [1.54, 1.807) is 4.90 Å². The Kier molecular flexibility index (Phi) is 4.00. The van der Waals surface area contributed by atoms with E-state index in [2.05, 4.69) is 4.90 Å². The van der Waals surface area contributed by atoms with Crippen molar-refractivity contribution >= 4 is 15.7 Å². The molecule has 3 heterocycles. The highest BCUT2D eigenvalue weighted by atomic mass is 32.2. The molecule has 7 heteroatoms. The number of rotatable bonds is 3. The fraction of sp³-hybridized carbons (Fsp3) is 0.929. The van der Waals surface area contributed by atoms with Crippen molar-refractivity contribution in [3.8, 4) is 0 Å². The average Bonchev–Trinajstić information content (AvgIpc) is 3.10. The van der Waals surface area contributed by atoms with Gasteiger partial charge in [0.05, 0.1) is 29.6 Å². The molecule has 0 aromatic rings. The topological polar surface area (TPSA) is 77.9 Å². The van der Waals surface area contributed by atoms with Gasteiger partial charge in [-0.15, -0.1) is 0 Å². The highest BCUT2D eigenvalue weighted by Crippen LogP contribution is 2.28. The van der Waals surface area contributed by atoms with Gasteiger partial charge in [-0.05, 0) is 38.8 Å². The van der Waals surface area contributed by atoms with Crippen LogP contribution in [-0.2, 0) is 14.6 Å². The molecule has 3 aliphatic heterocycles. The van der Waals surface area contributed by atoms with Crippen LogP contribution in [0.15, 0.2) is 0 Å². The molecule has 1 N–H and O–H groups in total. The molecule has 1 amide bonds. The summed E-state index contributed by atoms with van der Waals surface area (Å²) in [7, 11) is -3.04. The third-order valence-electron chi connectivity index (χ3n) is 4.94. The lowest BCUT2D eigenvalue weighted by Gasteiger charge is -2.29. The van der Waals surface area contributed by atoms with Gasteiger partial charge in [-0.2, -0.15) is 0 Å². The van der Waals surface area contributed by atoms with Crippen molar-refractivity contribution in [2.75, 3.05) is 44.2 Å². The molecule has 0 aromatic carbocycles. The third kappa shape index (κ3) is 3.40. The van der Waals surface area contributed by atoms with E-state index in [1.807, 2.05) is 0 Å². The predicted molar refractivity (Wildman–Crippen MR) is 78.6 cm³/mol. The van der Waals surface area contributed by atoms with Crippen LogP contribution < -0.4 is 0 Å². The molecule has 3 aliphatic rings. The second-order valence-electron chi connectivity index (χ2n) is 6.82. The van der Waals surface area contributed by atoms with Crippen molar-refractivity contribution < 1.29 is 18.3 Å². The second kappa shape index (κ2) is 5.52. The number of amides is 1. The van der Waals surface area contributed by atoms with E-state index in [0.29, 0.717) is 32.5 Å². The molecule has 21 heavy (non-hydrogen) atoms. The fourth-order valence-corrected chi connectivity index (χ4v) is 5.51. The number of hydrogen-bond donors (Lipinski definition) is 1. The van der Waals surface area contributed by atoms with Crippen LogP contribution in [0.2, 0.25) is 0 Å². The van der Waals surface area contributed by atoms with Crippen molar-refractivity contribution in [1.82, 2.24) is 9.80 Å². The van der Waals surface area contributed by atoms with E-state index >= 15 is 0 Å². The highest BCUT2D eigenvalue weighted by molar-refractivity contribution is 7.91. The monoisotopic (exact) mass is 316 g/mol. The van der Waals surface area contributed by atoms with Crippen LogP contribution in [0.1, 0.15) is 25.7 Å². The van der Waals surface area contributed by atoms with Gasteiger partial charge in [0, 0.05) is 13.1 Å². The van der Waals surface area contributed by atoms with Gasteiger partial charge in [0.25, 0.3) is 0 Å². The van der Waals surface area contributed by atoms with Crippen LogP contribution in [0.5, 0.6) is 0 Å². The minimum absolute atomic E-state index is 0.0209. The molecule has 0 unspecified atom stereocenters. The molecule has 0 aliphatic carbocycles. The Balaban J connectivity index is 1.57. The summed E-state index contributed by atoms with van der Waals surface area (Å²) in [6.45, 7) is 3.56. The van der Waals surface area contributed by atoms with E-state index < -0.39 is 21.4 Å². The Labute approximate surface area is 126 Å². The van der Waals surface area contributed by atoms with Crippen molar-refractivity contribution in [2.45, 2.75) is 31.3 Å². The number of nitrogens with zero attached hydrogens (tertiary/aromatic N) is 2. The molecule has 3 rings (SSSR count). The second-order valence-corrected chi connectivity index (χ2v) is 9.05. The Morgan fingerprint density at radius 2 is 1.95 bits per heavy atom. The van der Waals surface area contributed by atoms with E-state index in [4.69, 9.17) is 0 Å². The lowest BCUT2D eigenvalue weighted by molar-refractivity contribution is -0.134. The molecule has 0 spiro atoms. The molecule has 0 aromatic heterocycles.